The van der Waals surface area contributed by atoms with E-state index in [4.69, 9.17) is 22.9 Å². The van der Waals surface area contributed by atoms with Gasteiger partial charge in [0.15, 0.2) is 0 Å². The Labute approximate surface area is 120 Å². The van der Waals surface area contributed by atoms with E-state index in [1.807, 2.05) is 0 Å². The average Bonchev–Trinajstić information content (AvgIpc) is 2.35. The fraction of sp³-hybridized carbons (Fsp3) is 0.600. The summed E-state index contributed by atoms with van der Waals surface area (Å²) in [6.07, 6.45) is 8.55. The van der Waals surface area contributed by atoms with Crippen LogP contribution in [0.1, 0.15) is 48.9 Å². The molecule has 0 amide bonds. The molecule has 102 valence electrons. The molecule has 1 aromatic rings. The molecular formula is C15H21N3S. The predicted octanol–water partition coefficient (Wildman–Crippen LogP) is 2.58. The van der Waals surface area contributed by atoms with Crippen LogP contribution in [0.25, 0.3) is 0 Å². The van der Waals surface area contributed by atoms with Crippen LogP contribution >= 0.6 is 12.2 Å². The van der Waals surface area contributed by atoms with E-state index in [0.717, 1.165) is 24.2 Å². The number of aryl methyl sites for hydroxylation is 2. The van der Waals surface area contributed by atoms with E-state index in [0.29, 0.717) is 11.0 Å². The van der Waals surface area contributed by atoms with E-state index in [1.165, 1.54) is 43.4 Å². The van der Waals surface area contributed by atoms with Crippen molar-refractivity contribution in [2.24, 2.45) is 5.73 Å². The van der Waals surface area contributed by atoms with E-state index >= 15 is 0 Å². The largest absolute Gasteiger partial charge is 0.389 e. The Morgan fingerprint density at radius 2 is 2.05 bits per heavy atom. The van der Waals surface area contributed by atoms with Crippen molar-refractivity contribution >= 4 is 23.0 Å². The van der Waals surface area contributed by atoms with Crippen molar-refractivity contribution in [3.8, 4) is 0 Å². The van der Waals surface area contributed by atoms with Gasteiger partial charge in [0.25, 0.3) is 0 Å². The maximum atomic E-state index is 5.91. The van der Waals surface area contributed by atoms with Gasteiger partial charge < -0.3 is 10.6 Å². The van der Waals surface area contributed by atoms with Crippen LogP contribution in [-0.2, 0) is 12.8 Å². The summed E-state index contributed by atoms with van der Waals surface area (Å²) in [5.41, 5.74) is 9.48. The van der Waals surface area contributed by atoms with Gasteiger partial charge in [0.1, 0.15) is 10.8 Å². The molecule has 0 saturated heterocycles. The van der Waals surface area contributed by atoms with Crippen molar-refractivity contribution < 1.29 is 0 Å². The number of thiocarbonyl (C=S) groups is 1. The predicted molar refractivity (Wildman–Crippen MR) is 82.8 cm³/mol. The summed E-state index contributed by atoms with van der Waals surface area (Å²) in [5.74, 6) is 0.998. The molecule has 2 aliphatic carbocycles. The third-order valence-corrected chi connectivity index (χ3v) is 4.72. The molecule has 3 rings (SSSR count). The zero-order chi connectivity index (χ0) is 13.4. The lowest BCUT2D eigenvalue weighted by Crippen LogP contribution is -2.39. The van der Waals surface area contributed by atoms with Crippen LogP contribution in [0.4, 0.5) is 5.82 Å². The molecule has 1 fully saturated rings. The number of nitrogens with zero attached hydrogens (tertiary/aromatic N) is 2. The zero-order valence-corrected chi connectivity index (χ0v) is 12.3. The lowest BCUT2D eigenvalue weighted by molar-refractivity contribution is 0.399. The van der Waals surface area contributed by atoms with Gasteiger partial charge >= 0.3 is 0 Å². The fourth-order valence-corrected chi connectivity index (χ4v) is 3.17. The number of aromatic nitrogens is 1. The summed E-state index contributed by atoms with van der Waals surface area (Å²) in [6.45, 7) is 0. The number of anilines is 1. The van der Waals surface area contributed by atoms with Crippen LogP contribution in [0, 0.1) is 0 Å². The molecule has 0 bridgehead atoms. The Bertz CT molecular complexity index is 508. The van der Waals surface area contributed by atoms with Crippen molar-refractivity contribution in [2.45, 2.75) is 51.0 Å². The van der Waals surface area contributed by atoms with E-state index in [9.17, 15) is 0 Å². The molecule has 2 N–H and O–H groups in total. The second kappa shape index (κ2) is 5.08. The summed E-state index contributed by atoms with van der Waals surface area (Å²) in [6, 6.07) is 2.80. The Kier molecular flexibility index (Phi) is 3.44. The minimum Gasteiger partial charge on any atom is -0.389 e. The van der Waals surface area contributed by atoms with Crippen LogP contribution in [0.5, 0.6) is 0 Å². The fourth-order valence-electron chi connectivity index (χ4n) is 3.02. The molecule has 2 aliphatic rings. The molecule has 0 spiro atoms. The summed E-state index contributed by atoms with van der Waals surface area (Å²) in [4.78, 5) is 7.65. The minimum absolute atomic E-state index is 0.474. The van der Waals surface area contributed by atoms with Crippen molar-refractivity contribution in [2.75, 3.05) is 11.9 Å². The normalized spacial score (nSPS) is 18.6. The molecule has 0 aliphatic heterocycles. The lowest BCUT2D eigenvalue weighted by Gasteiger charge is -2.37. The first-order chi connectivity index (χ1) is 9.16. The first kappa shape index (κ1) is 12.9. The molecule has 0 atom stereocenters. The molecule has 0 radical (unpaired) electrons. The molecule has 0 aromatic carbocycles. The maximum Gasteiger partial charge on any atom is 0.139 e. The Balaban J connectivity index is 2.02. The third kappa shape index (κ3) is 2.34. The van der Waals surface area contributed by atoms with Crippen LogP contribution in [0.3, 0.4) is 0 Å². The van der Waals surface area contributed by atoms with Gasteiger partial charge in [0.2, 0.25) is 0 Å². The summed E-state index contributed by atoms with van der Waals surface area (Å²) < 4.78 is 0. The zero-order valence-electron chi connectivity index (χ0n) is 11.5. The van der Waals surface area contributed by atoms with E-state index in [1.54, 1.807) is 0 Å². The Morgan fingerprint density at radius 3 is 2.68 bits per heavy atom. The smallest absolute Gasteiger partial charge is 0.139 e. The number of pyridine rings is 1. The summed E-state index contributed by atoms with van der Waals surface area (Å²) in [5, 5.41) is 0. The van der Waals surface area contributed by atoms with Crippen LogP contribution in [-0.4, -0.2) is 23.1 Å². The van der Waals surface area contributed by atoms with Crippen molar-refractivity contribution in [3.05, 3.63) is 22.9 Å². The highest BCUT2D eigenvalue weighted by Crippen LogP contribution is 2.31. The molecule has 1 saturated carbocycles. The van der Waals surface area contributed by atoms with Crippen LogP contribution in [0.2, 0.25) is 0 Å². The molecule has 1 aromatic heterocycles. The van der Waals surface area contributed by atoms with Gasteiger partial charge in [-0.1, -0.05) is 12.2 Å². The van der Waals surface area contributed by atoms with Crippen LogP contribution < -0.4 is 10.6 Å². The highest BCUT2D eigenvalue weighted by atomic mass is 32.1. The quantitative estimate of drug-likeness (QED) is 0.861. The lowest BCUT2D eigenvalue weighted by atomic mass is 9.91. The molecule has 1 heterocycles. The van der Waals surface area contributed by atoms with Gasteiger partial charge in [-0.2, -0.15) is 0 Å². The number of rotatable bonds is 3. The second-order valence-electron chi connectivity index (χ2n) is 5.73. The number of hydrogen-bond donors (Lipinski definition) is 1. The average molecular weight is 275 g/mol. The van der Waals surface area contributed by atoms with E-state index in [2.05, 4.69) is 18.0 Å². The topological polar surface area (TPSA) is 42.2 Å². The van der Waals surface area contributed by atoms with E-state index < -0.39 is 0 Å². The van der Waals surface area contributed by atoms with Crippen molar-refractivity contribution in [1.29, 1.82) is 0 Å². The number of fused-ring (bicyclic) bond motifs is 1. The van der Waals surface area contributed by atoms with Gasteiger partial charge in [0.05, 0.1) is 5.56 Å². The molecule has 3 nitrogen and oxygen atoms in total. The molecule has 4 heteroatoms. The van der Waals surface area contributed by atoms with Crippen molar-refractivity contribution in [1.82, 2.24) is 4.98 Å². The molecule has 0 unspecified atom stereocenters. The highest BCUT2D eigenvalue weighted by molar-refractivity contribution is 7.80. The van der Waals surface area contributed by atoms with Crippen molar-refractivity contribution in [3.63, 3.8) is 0 Å². The minimum atomic E-state index is 0.474. The summed E-state index contributed by atoms with van der Waals surface area (Å²) in [7, 11) is 2.13. The monoisotopic (exact) mass is 275 g/mol. The third-order valence-electron chi connectivity index (χ3n) is 4.50. The highest BCUT2D eigenvalue weighted by Gasteiger charge is 2.26. The first-order valence-electron chi connectivity index (χ1n) is 7.22. The maximum absolute atomic E-state index is 5.91. The Morgan fingerprint density at radius 1 is 1.32 bits per heavy atom. The first-order valence-corrected chi connectivity index (χ1v) is 7.63. The van der Waals surface area contributed by atoms with Gasteiger partial charge in [-0.25, -0.2) is 4.98 Å². The van der Waals surface area contributed by atoms with Crippen LogP contribution in [0.15, 0.2) is 6.07 Å². The van der Waals surface area contributed by atoms with Gasteiger partial charge in [-0.3, -0.25) is 0 Å². The van der Waals surface area contributed by atoms with E-state index in [-0.39, 0.29) is 0 Å². The second-order valence-corrected chi connectivity index (χ2v) is 6.17. The molecular weight excluding hydrogens is 254 g/mol. The van der Waals surface area contributed by atoms with Gasteiger partial charge in [-0.05, 0) is 56.6 Å². The Hall–Kier alpha value is -1.16. The summed E-state index contributed by atoms with van der Waals surface area (Å²) >= 11 is 5.23. The molecule has 19 heavy (non-hydrogen) atoms. The SMILES string of the molecule is CN(c1nc2c(cc1C(N)=S)CCCC2)C1CCC1. The van der Waals surface area contributed by atoms with Gasteiger partial charge in [0, 0.05) is 18.8 Å². The number of nitrogens with two attached hydrogens (primary N) is 1. The standard InChI is InChI=1S/C15H21N3S/c1-18(11-6-4-7-11)15-12(14(16)19)9-10-5-2-3-8-13(10)17-15/h9,11H,2-8H2,1H3,(H2,16,19). The number of hydrogen-bond acceptors (Lipinski definition) is 3. The van der Waals surface area contributed by atoms with Gasteiger partial charge in [-0.15, -0.1) is 0 Å².